The minimum Gasteiger partial charge on any atom is -0.380 e. The van der Waals surface area contributed by atoms with Gasteiger partial charge in [0.15, 0.2) is 0 Å². The SMILES string of the molecule is CC(Cl)C(=O)NCC1(C)COC1. The lowest BCUT2D eigenvalue weighted by Crippen LogP contribution is -2.49. The van der Waals surface area contributed by atoms with Crippen molar-refractivity contribution in [3.05, 3.63) is 0 Å². The van der Waals surface area contributed by atoms with Crippen molar-refractivity contribution in [3.8, 4) is 0 Å². The van der Waals surface area contributed by atoms with Gasteiger partial charge in [0.05, 0.1) is 13.2 Å². The third kappa shape index (κ3) is 2.35. The maximum Gasteiger partial charge on any atom is 0.237 e. The molecule has 1 atom stereocenters. The average Bonchev–Trinajstić information content (AvgIpc) is 1.96. The molecule has 4 heteroatoms. The molecule has 0 bridgehead atoms. The Morgan fingerprint density at radius 1 is 1.75 bits per heavy atom. The largest absolute Gasteiger partial charge is 0.380 e. The number of amides is 1. The Morgan fingerprint density at radius 3 is 2.67 bits per heavy atom. The van der Waals surface area contributed by atoms with Gasteiger partial charge in [-0.25, -0.2) is 0 Å². The first-order valence-corrected chi connectivity index (χ1v) is 4.47. The fourth-order valence-corrected chi connectivity index (χ4v) is 1.07. The van der Waals surface area contributed by atoms with Crippen LogP contribution in [0.2, 0.25) is 0 Å². The first kappa shape index (κ1) is 9.81. The second-order valence-electron chi connectivity index (χ2n) is 3.64. The standard InChI is InChI=1S/C8H14ClNO2/c1-6(9)7(11)10-3-8(2)4-12-5-8/h6H,3-5H2,1-2H3,(H,10,11). The minimum absolute atomic E-state index is 0.107. The van der Waals surface area contributed by atoms with E-state index in [2.05, 4.69) is 12.2 Å². The van der Waals surface area contributed by atoms with Crippen molar-refractivity contribution in [2.75, 3.05) is 19.8 Å². The molecule has 1 fully saturated rings. The number of carbonyl (C=O) groups excluding carboxylic acids is 1. The van der Waals surface area contributed by atoms with Crippen molar-refractivity contribution in [2.24, 2.45) is 5.41 Å². The third-order valence-corrected chi connectivity index (χ3v) is 2.15. The Bertz CT molecular complexity index is 178. The molecule has 1 N–H and O–H groups in total. The van der Waals surface area contributed by atoms with Crippen molar-refractivity contribution < 1.29 is 9.53 Å². The fraction of sp³-hybridized carbons (Fsp3) is 0.875. The van der Waals surface area contributed by atoms with Crippen molar-refractivity contribution in [1.82, 2.24) is 5.32 Å². The lowest BCUT2D eigenvalue weighted by molar-refractivity contribution is -0.126. The van der Waals surface area contributed by atoms with E-state index in [1.165, 1.54) is 0 Å². The molecule has 12 heavy (non-hydrogen) atoms. The van der Waals surface area contributed by atoms with Crippen LogP contribution in [0.4, 0.5) is 0 Å². The van der Waals surface area contributed by atoms with Crippen LogP contribution in [0.3, 0.4) is 0 Å². The number of halogens is 1. The molecule has 0 aromatic heterocycles. The molecule has 3 nitrogen and oxygen atoms in total. The van der Waals surface area contributed by atoms with Crippen LogP contribution in [0.15, 0.2) is 0 Å². The number of nitrogens with one attached hydrogen (secondary N) is 1. The molecule has 0 aromatic carbocycles. The van der Waals surface area contributed by atoms with Crippen LogP contribution in [0, 0.1) is 5.41 Å². The van der Waals surface area contributed by atoms with E-state index in [-0.39, 0.29) is 11.3 Å². The van der Waals surface area contributed by atoms with E-state index in [1.807, 2.05) is 0 Å². The van der Waals surface area contributed by atoms with Crippen molar-refractivity contribution in [1.29, 1.82) is 0 Å². The summed E-state index contributed by atoms with van der Waals surface area (Å²) in [4.78, 5) is 11.0. The maximum absolute atomic E-state index is 11.0. The van der Waals surface area contributed by atoms with Crippen LogP contribution in [-0.4, -0.2) is 31.0 Å². The van der Waals surface area contributed by atoms with E-state index in [0.29, 0.717) is 6.54 Å². The van der Waals surface area contributed by atoms with Crippen LogP contribution in [-0.2, 0) is 9.53 Å². The van der Waals surface area contributed by atoms with Crippen LogP contribution in [0.25, 0.3) is 0 Å². The van der Waals surface area contributed by atoms with E-state index in [0.717, 1.165) is 13.2 Å². The van der Waals surface area contributed by atoms with Gasteiger partial charge in [0.2, 0.25) is 5.91 Å². The van der Waals surface area contributed by atoms with Gasteiger partial charge >= 0.3 is 0 Å². The maximum atomic E-state index is 11.0. The molecular formula is C8H14ClNO2. The number of alkyl halides is 1. The molecule has 0 aliphatic carbocycles. The molecule has 1 rings (SSSR count). The third-order valence-electron chi connectivity index (χ3n) is 1.95. The summed E-state index contributed by atoms with van der Waals surface area (Å²) in [5.41, 5.74) is 0.126. The van der Waals surface area contributed by atoms with Gasteiger partial charge in [-0.2, -0.15) is 0 Å². The Morgan fingerprint density at radius 2 is 2.33 bits per heavy atom. The highest BCUT2D eigenvalue weighted by molar-refractivity contribution is 6.30. The van der Waals surface area contributed by atoms with Gasteiger partial charge in [-0.3, -0.25) is 4.79 Å². The van der Waals surface area contributed by atoms with E-state index in [9.17, 15) is 4.79 Å². The summed E-state index contributed by atoms with van der Waals surface area (Å²) in [7, 11) is 0. The number of hydrogen-bond acceptors (Lipinski definition) is 2. The zero-order chi connectivity index (χ0) is 9.19. The number of carbonyl (C=O) groups is 1. The number of hydrogen-bond donors (Lipinski definition) is 1. The molecule has 1 saturated heterocycles. The summed E-state index contributed by atoms with van der Waals surface area (Å²) >= 11 is 5.57. The molecule has 0 aromatic rings. The van der Waals surface area contributed by atoms with E-state index >= 15 is 0 Å². The summed E-state index contributed by atoms with van der Waals surface area (Å²) in [6.07, 6.45) is 0. The molecule has 1 unspecified atom stereocenters. The normalized spacial score (nSPS) is 22.6. The zero-order valence-electron chi connectivity index (χ0n) is 7.39. The molecule has 1 aliphatic rings. The van der Waals surface area contributed by atoms with E-state index < -0.39 is 5.38 Å². The van der Waals surface area contributed by atoms with Crippen LogP contribution in [0.1, 0.15) is 13.8 Å². The molecule has 0 saturated carbocycles. The molecule has 1 amide bonds. The lowest BCUT2D eigenvalue weighted by Gasteiger charge is -2.38. The Hall–Kier alpha value is -0.280. The summed E-state index contributed by atoms with van der Waals surface area (Å²) in [5.74, 6) is -0.107. The minimum atomic E-state index is -0.449. The number of ether oxygens (including phenoxy) is 1. The van der Waals surface area contributed by atoms with Gasteiger partial charge in [-0.1, -0.05) is 6.92 Å². The Labute approximate surface area is 77.4 Å². The molecule has 1 aliphatic heterocycles. The highest BCUT2D eigenvalue weighted by atomic mass is 35.5. The predicted molar refractivity (Wildman–Crippen MR) is 47.3 cm³/mol. The second-order valence-corrected chi connectivity index (χ2v) is 4.29. The highest BCUT2D eigenvalue weighted by Crippen LogP contribution is 2.25. The zero-order valence-corrected chi connectivity index (χ0v) is 8.15. The lowest BCUT2D eigenvalue weighted by atomic mass is 9.89. The smallest absolute Gasteiger partial charge is 0.237 e. The second kappa shape index (κ2) is 3.62. The monoisotopic (exact) mass is 191 g/mol. The van der Waals surface area contributed by atoms with Gasteiger partial charge in [-0.15, -0.1) is 11.6 Å². The van der Waals surface area contributed by atoms with Gasteiger partial charge in [0.25, 0.3) is 0 Å². The van der Waals surface area contributed by atoms with Crippen LogP contribution >= 0.6 is 11.6 Å². The van der Waals surface area contributed by atoms with E-state index in [4.69, 9.17) is 16.3 Å². The molecule has 0 radical (unpaired) electrons. The van der Waals surface area contributed by atoms with Gasteiger partial charge in [-0.05, 0) is 6.92 Å². The first-order valence-electron chi connectivity index (χ1n) is 4.03. The predicted octanol–water partition coefficient (Wildman–Crippen LogP) is 0.766. The van der Waals surface area contributed by atoms with Crippen molar-refractivity contribution >= 4 is 17.5 Å². The van der Waals surface area contributed by atoms with Gasteiger partial charge < -0.3 is 10.1 Å². The van der Waals surface area contributed by atoms with Crippen molar-refractivity contribution in [2.45, 2.75) is 19.2 Å². The molecule has 1 heterocycles. The van der Waals surface area contributed by atoms with Crippen LogP contribution in [0.5, 0.6) is 0 Å². The average molecular weight is 192 g/mol. The Balaban J connectivity index is 2.21. The van der Waals surface area contributed by atoms with Gasteiger partial charge in [0.1, 0.15) is 5.38 Å². The molecular weight excluding hydrogens is 178 g/mol. The first-order chi connectivity index (χ1) is 5.53. The Kier molecular flexibility index (Phi) is 2.96. The fourth-order valence-electron chi connectivity index (χ4n) is 0.994. The summed E-state index contributed by atoms with van der Waals surface area (Å²) in [6.45, 7) is 5.85. The molecule has 0 spiro atoms. The number of rotatable bonds is 3. The summed E-state index contributed by atoms with van der Waals surface area (Å²) in [5, 5.41) is 2.32. The molecule has 70 valence electrons. The topological polar surface area (TPSA) is 38.3 Å². The highest BCUT2D eigenvalue weighted by Gasteiger charge is 2.33. The van der Waals surface area contributed by atoms with Gasteiger partial charge in [0, 0.05) is 12.0 Å². The summed E-state index contributed by atoms with van der Waals surface area (Å²) < 4.78 is 5.05. The quantitative estimate of drug-likeness (QED) is 0.670. The van der Waals surface area contributed by atoms with Crippen LogP contribution < -0.4 is 5.32 Å². The van der Waals surface area contributed by atoms with E-state index in [1.54, 1.807) is 6.92 Å². The van der Waals surface area contributed by atoms with Crippen molar-refractivity contribution in [3.63, 3.8) is 0 Å². The summed E-state index contributed by atoms with van der Waals surface area (Å²) in [6, 6.07) is 0.